The average Bonchev–Trinajstić information content (AvgIpc) is 3.48. The highest BCUT2D eigenvalue weighted by Gasteiger charge is 2.47. The molecule has 0 bridgehead atoms. The Morgan fingerprint density at radius 3 is 2.81 bits per heavy atom. The molecule has 186 valence electrons. The summed E-state index contributed by atoms with van der Waals surface area (Å²) in [6, 6.07) is 7.33. The minimum absolute atomic E-state index is 0.315. The molecule has 0 spiro atoms. The number of fused-ring (bicyclic) bond motifs is 1. The first-order chi connectivity index (χ1) is 17.5. The molecule has 0 aliphatic carbocycles. The fraction of sp³-hybridized carbons (Fsp3) is 0.304. The standard InChI is InChI=1S/C23H24N8O5/c1-24-22(34)18-16(32)17(33)23(36-18)31-11-28-15-20(27-9-13-5-3-4-6-26-13)29-19(30-21(15)31)12-7-14(35-2)10-25-8-12/h3-8,10-11,16-18,23,32-33H,9H2,1-2H3,(H,24,34)(H,27,29,30). The molecular weight excluding hydrogens is 468 g/mol. The molecule has 1 amide bonds. The van der Waals surface area contributed by atoms with E-state index in [1.54, 1.807) is 24.7 Å². The predicted octanol–water partition coefficient (Wildman–Crippen LogP) is 0.269. The van der Waals surface area contributed by atoms with Crippen molar-refractivity contribution in [3.8, 4) is 17.1 Å². The molecule has 1 aliphatic rings. The number of pyridine rings is 2. The number of aliphatic hydroxyl groups excluding tert-OH is 2. The zero-order valence-corrected chi connectivity index (χ0v) is 19.4. The number of carbonyl (C=O) groups is 1. The van der Waals surface area contributed by atoms with Gasteiger partial charge in [-0.25, -0.2) is 15.0 Å². The number of nitrogens with one attached hydrogen (secondary N) is 2. The van der Waals surface area contributed by atoms with Crippen LogP contribution in [0.4, 0.5) is 5.82 Å². The summed E-state index contributed by atoms with van der Waals surface area (Å²) in [5.41, 5.74) is 2.10. The van der Waals surface area contributed by atoms with Crippen molar-refractivity contribution in [3.63, 3.8) is 0 Å². The second-order valence-corrected chi connectivity index (χ2v) is 8.05. The van der Waals surface area contributed by atoms with E-state index >= 15 is 0 Å². The second-order valence-electron chi connectivity index (χ2n) is 8.05. The van der Waals surface area contributed by atoms with E-state index in [2.05, 4.69) is 35.6 Å². The third kappa shape index (κ3) is 4.30. The smallest absolute Gasteiger partial charge is 0.251 e. The van der Waals surface area contributed by atoms with Gasteiger partial charge in [-0.15, -0.1) is 0 Å². The van der Waals surface area contributed by atoms with Crippen molar-refractivity contribution in [2.75, 3.05) is 19.5 Å². The Hall–Kier alpha value is -4.20. The van der Waals surface area contributed by atoms with E-state index in [-0.39, 0.29) is 0 Å². The van der Waals surface area contributed by atoms with Crippen LogP contribution in [0.2, 0.25) is 0 Å². The zero-order chi connectivity index (χ0) is 25.2. The number of ether oxygens (including phenoxy) is 2. The van der Waals surface area contributed by atoms with Gasteiger partial charge in [0, 0.05) is 25.0 Å². The Bertz CT molecular complexity index is 1380. The maximum Gasteiger partial charge on any atom is 0.251 e. The number of amides is 1. The summed E-state index contributed by atoms with van der Waals surface area (Å²) < 4.78 is 12.5. The van der Waals surface area contributed by atoms with Crippen LogP contribution in [0.25, 0.3) is 22.6 Å². The molecule has 4 aromatic heterocycles. The quantitative estimate of drug-likeness (QED) is 0.279. The third-order valence-corrected chi connectivity index (χ3v) is 5.81. The molecule has 13 heteroatoms. The third-order valence-electron chi connectivity index (χ3n) is 5.81. The fourth-order valence-corrected chi connectivity index (χ4v) is 3.93. The normalized spacial score (nSPS) is 21.4. The van der Waals surface area contributed by atoms with Gasteiger partial charge in [-0.3, -0.25) is 19.3 Å². The van der Waals surface area contributed by atoms with Crippen molar-refractivity contribution >= 4 is 22.9 Å². The highest BCUT2D eigenvalue weighted by atomic mass is 16.6. The Kier molecular flexibility index (Phi) is 6.41. The summed E-state index contributed by atoms with van der Waals surface area (Å²) in [6.45, 7) is 0.371. The molecule has 36 heavy (non-hydrogen) atoms. The molecular formula is C23H24N8O5. The number of carbonyl (C=O) groups excluding carboxylic acids is 1. The van der Waals surface area contributed by atoms with Crippen molar-refractivity contribution in [3.05, 3.63) is 54.9 Å². The van der Waals surface area contributed by atoms with E-state index in [0.717, 1.165) is 5.69 Å². The lowest BCUT2D eigenvalue weighted by Crippen LogP contribution is -2.41. The van der Waals surface area contributed by atoms with E-state index in [1.165, 1.54) is 25.1 Å². The van der Waals surface area contributed by atoms with Crippen LogP contribution in [0, 0.1) is 0 Å². The van der Waals surface area contributed by atoms with Crippen LogP contribution in [0.5, 0.6) is 5.75 Å². The molecule has 4 unspecified atom stereocenters. The van der Waals surface area contributed by atoms with Gasteiger partial charge < -0.3 is 30.3 Å². The molecule has 0 radical (unpaired) electrons. The lowest BCUT2D eigenvalue weighted by Gasteiger charge is -2.17. The number of imidazole rings is 1. The van der Waals surface area contributed by atoms with E-state index in [9.17, 15) is 15.0 Å². The Morgan fingerprint density at radius 1 is 1.19 bits per heavy atom. The van der Waals surface area contributed by atoms with Gasteiger partial charge in [-0.1, -0.05) is 6.07 Å². The minimum atomic E-state index is -1.43. The van der Waals surface area contributed by atoms with Crippen LogP contribution < -0.4 is 15.4 Å². The lowest BCUT2D eigenvalue weighted by molar-refractivity contribution is -0.137. The van der Waals surface area contributed by atoms with Crippen molar-refractivity contribution < 1.29 is 24.5 Å². The number of aromatic nitrogens is 6. The summed E-state index contributed by atoms with van der Waals surface area (Å²) in [7, 11) is 2.96. The summed E-state index contributed by atoms with van der Waals surface area (Å²) in [5, 5.41) is 26.8. The number of rotatable bonds is 7. The first-order valence-electron chi connectivity index (χ1n) is 11.1. The molecule has 5 rings (SSSR count). The van der Waals surface area contributed by atoms with Crippen LogP contribution >= 0.6 is 0 Å². The Morgan fingerprint density at radius 2 is 2.06 bits per heavy atom. The zero-order valence-electron chi connectivity index (χ0n) is 19.4. The molecule has 4 aromatic rings. The van der Waals surface area contributed by atoms with Gasteiger partial charge in [-0.05, 0) is 18.2 Å². The summed E-state index contributed by atoms with van der Waals surface area (Å²) in [6.07, 6.45) is 1.09. The van der Waals surface area contributed by atoms with Gasteiger partial charge in [0.2, 0.25) is 0 Å². The fourth-order valence-electron chi connectivity index (χ4n) is 3.93. The summed E-state index contributed by atoms with van der Waals surface area (Å²) in [4.78, 5) is 34.4. The first kappa shape index (κ1) is 23.5. The van der Waals surface area contributed by atoms with Gasteiger partial charge in [0.1, 0.15) is 18.0 Å². The van der Waals surface area contributed by atoms with Crippen LogP contribution in [0.1, 0.15) is 11.9 Å². The molecule has 4 N–H and O–H groups in total. The van der Waals surface area contributed by atoms with Crippen LogP contribution in [-0.2, 0) is 16.1 Å². The maximum atomic E-state index is 12.1. The lowest BCUT2D eigenvalue weighted by atomic mass is 10.1. The SMILES string of the molecule is CNC(=O)C1OC(n2cnc3c(NCc4ccccn4)nc(-c4cncc(OC)c4)nc32)C(O)C1O. The van der Waals surface area contributed by atoms with Gasteiger partial charge in [0.05, 0.1) is 31.9 Å². The molecule has 1 aliphatic heterocycles. The second kappa shape index (κ2) is 9.81. The average molecular weight is 492 g/mol. The number of methoxy groups -OCH3 is 1. The minimum Gasteiger partial charge on any atom is -0.495 e. The topological polar surface area (TPSA) is 169 Å². The Balaban J connectivity index is 1.59. The van der Waals surface area contributed by atoms with Gasteiger partial charge >= 0.3 is 0 Å². The monoisotopic (exact) mass is 492 g/mol. The molecule has 1 fully saturated rings. The molecule has 4 atom stereocenters. The molecule has 1 saturated heterocycles. The van der Waals surface area contributed by atoms with Crippen LogP contribution in [0.3, 0.4) is 0 Å². The van der Waals surface area contributed by atoms with E-state index < -0.39 is 30.4 Å². The number of hydrogen-bond donors (Lipinski definition) is 4. The molecule has 0 aromatic carbocycles. The highest BCUT2D eigenvalue weighted by Crippen LogP contribution is 2.34. The number of likely N-dealkylation sites (N-methyl/N-ethyl adjacent to an activating group) is 1. The van der Waals surface area contributed by atoms with Crippen LogP contribution in [0.15, 0.2) is 49.2 Å². The predicted molar refractivity (Wildman–Crippen MR) is 127 cm³/mol. The Labute approximate surface area is 205 Å². The van der Waals surface area contributed by atoms with Crippen molar-refractivity contribution in [1.82, 2.24) is 34.8 Å². The number of hydrogen-bond acceptors (Lipinski definition) is 11. The van der Waals surface area contributed by atoms with E-state index in [4.69, 9.17) is 9.47 Å². The molecule has 5 heterocycles. The van der Waals surface area contributed by atoms with Gasteiger partial charge in [-0.2, -0.15) is 0 Å². The van der Waals surface area contributed by atoms with Crippen molar-refractivity contribution in [1.29, 1.82) is 0 Å². The van der Waals surface area contributed by atoms with Gasteiger partial charge in [0.15, 0.2) is 35.1 Å². The first-order valence-corrected chi connectivity index (χ1v) is 11.1. The molecule has 0 saturated carbocycles. The van der Waals surface area contributed by atoms with E-state index in [0.29, 0.717) is 40.7 Å². The van der Waals surface area contributed by atoms with Gasteiger partial charge in [0.25, 0.3) is 5.91 Å². The number of nitrogens with zero attached hydrogens (tertiary/aromatic N) is 6. The van der Waals surface area contributed by atoms with Crippen molar-refractivity contribution in [2.24, 2.45) is 0 Å². The summed E-state index contributed by atoms with van der Waals surface area (Å²) in [5.74, 6) is 0.705. The summed E-state index contributed by atoms with van der Waals surface area (Å²) >= 11 is 0. The number of aliphatic hydroxyl groups is 2. The van der Waals surface area contributed by atoms with E-state index in [1.807, 2.05) is 18.2 Å². The molecule has 13 nitrogen and oxygen atoms in total. The van der Waals surface area contributed by atoms with Crippen molar-refractivity contribution in [2.45, 2.75) is 31.1 Å². The highest BCUT2D eigenvalue weighted by molar-refractivity contribution is 5.85. The largest absolute Gasteiger partial charge is 0.495 e. The number of anilines is 1. The maximum absolute atomic E-state index is 12.1. The van der Waals surface area contributed by atoms with Crippen LogP contribution in [-0.4, -0.2) is 78.1 Å².